The predicted octanol–water partition coefficient (Wildman–Crippen LogP) is 1.10. The molecule has 1 aliphatic rings. The van der Waals surface area contributed by atoms with Crippen LogP contribution >= 0.6 is 0 Å². The molecule has 1 saturated carbocycles. The van der Waals surface area contributed by atoms with Crippen molar-refractivity contribution < 1.29 is 14.3 Å². The van der Waals surface area contributed by atoms with Crippen LogP contribution in [0.2, 0.25) is 0 Å². The summed E-state index contributed by atoms with van der Waals surface area (Å²) in [6.45, 7) is 5.46. The molecule has 20 heavy (non-hydrogen) atoms. The Morgan fingerprint density at radius 3 is 2.30 bits per heavy atom. The second-order valence-corrected chi connectivity index (χ2v) is 6.66. The first-order valence-electron chi connectivity index (χ1n) is 7.06. The number of carbonyl (C=O) groups is 2. The van der Waals surface area contributed by atoms with E-state index in [4.69, 9.17) is 10.5 Å². The number of hydrogen-bond donors (Lipinski definition) is 2. The highest BCUT2D eigenvalue weighted by Crippen LogP contribution is 2.25. The fourth-order valence-electron chi connectivity index (χ4n) is 2.43. The Kier molecular flexibility index (Phi) is 5.39. The Morgan fingerprint density at radius 1 is 1.25 bits per heavy atom. The lowest BCUT2D eigenvalue weighted by molar-refractivity contribution is -0.134. The van der Waals surface area contributed by atoms with Crippen molar-refractivity contribution in [3.05, 3.63) is 0 Å². The molecule has 0 bridgehead atoms. The number of hydrogen-bond acceptors (Lipinski definition) is 4. The van der Waals surface area contributed by atoms with Gasteiger partial charge in [-0.25, -0.2) is 4.79 Å². The van der Waals surface area contributed by atoms with Crippen LogP contribution in [0.3, 0.4) is 0 Å². The lowest BCUT2D eigenvalue weighted by Gasteiger charge is -2.35. The van der Waals surface area contributed by atoms with E-state index >= 15 is 0 Å². The SMILES string of the molecule is CN(C)C(=O)[C@@H]1CC[C@@H](NC(=O)OC(C)(C)C)[C@H](N)C1. The van der Waals surface area contributed by atoms with Crippen LogP contribution in [0.5, 0.6) is 0 Å². The monoisotopic (exact) mass is 285 g/mol. The molecule has 0 aliphatic heterocycles. The Bertz CT molecular complexity index is 363. The zero-order chi connectivity index (χ0) is 15.5. The number of amides is 2. The Balaban J connectivity index is 2.49. The van der Waals surface area contributed by atoms with Gasteiger partial charge in [0.05, 0.1) is 0 Å². The van der Waals surface area contributed by atoms with Crippen LogP contribution in [0, 0.1) is 5.92 Å². The molecule has 1 fully saturated rings. The van der Waals surface area contributed by atoms with Gasteiger partial charge in [0.25, 0.3) is 0 Å². The van der Waals surface area contributed by atoms with Gasteiger partial charge in [0.2, 0.25) is 5.91 Å². The van der Waals surface area contributed by atoms with Crippen LogP contribution < -0.4 is 11.1 Å². The maximum Gasteiger partial charge on any atom is 0.407 e. The highest BCUT2D eigenvalue weighted by molar-refractivity contribution is 5.78. The highest BCUT2D eigenvalue weighted by Gasteiger charge is 2.34. The molecule has 0 unspecified atom stereocenters. The molecule has 1 aliphatic carbocycles. The van der Waals surface area contributed by atoms with Gasteiger partial charge in [-0.1, -0.05) is 0 Å². The third-order valence-corrected chi connectivity index (χ3v) is 3.39. The van der Waals surface area contributed by atoms with Crippen LogP contribution in [0.1, 0.15) is 40.0 Å². The summed E-state index contributed by atoms with van der Waals surface area (Å²) in [5.41, 5.74) is 5.56. The van der Waals surface area contributed by atoms with Crippen molar-refractivity contribution in [2.45, 2.75) is 57.7 Å². The van der Waals surface area contributed by atoms with Gasteiger partial charge >= 0.3 is 6.09 Å². The zero-order valence-corrected chi connectivity index (χ0v) is 13.1. The lowest BCUT2D eigenvalue weighted by atomic mass is 9.82. The summed E-state index contributed by atoms with van der Waals surface area (Å²) in [7, 11) is 3.50. The van der Waals surface area contributed by atoms with Crippen molar-refractivity contribution in [3.8, 4) is 0 Å². The average Bonchev–Trinajstić information content (AvgIpc) is 2.28. The van der Waals surface area contributed by atoms with E-state index in [1.54, 1.807) is 19.0 Å². The summed E-state index contributed by atoms with van der Waals surface area (Å²) in [6.07, 6.45) is 1.59. The molecular formula is C14H27N3O3. The first-order valence-corrected chi connectivity index (χ1v) is 7.06. The van der Waals surface area contributed by atoms with Crippen LogP contribution in [0.15, 0.2) is 0 Å². The van der Waals surface area contributed by atoms with Crippen molar-refractivity contribution in [3.63, 3.8) is 0 Å². The van der Waals surface area contributed by atoms with Gasteiger partial charge in [0.15, 0.2) is 0 Å². The average molecular weight is 285 g/mol. The lowest BCUT2D eigenvalue weighted by Crippen LogP contribution is -2.53. The van der Waals surface area contributed by atoms with E-state index in [0.29, 0.717) is 12.8 Å². The van der Waals surface area contributed by atoms with Gasteiger partial charge in [-0.2, -0.15) is 0 Å². The molecule has 0 aromatic carbocycles. The third-order valence-electron chi connectivity index (χ3n) is 3.39. The van der Waals surface area contributed by atoms with Crippen molar-refractivity contribution in [1.29, 1.82) is 0 Å². The fraction of sp³-hybridized carbons (Fsp3) is 0.857. The molecule has 0 heterocycles. The molecule has 0 saturated heterocycles. The molecule has 6 nitrogen and oxygen atoms in total. The quantitative estimate of drug-likeness (QED) is 0.795. The normalized spacial score (nSPS) is 26.8. The molecule has 1 rings (SSSR count). The molecule has 3 atom stereocenters. The van der Waals surface area contributed by atoms with Gasteiger partial charge < -0.3 is 20.7 Å². The molecule has 6 heteroatoms. The van der Waals surface area contributed by atoms with Crippen LogP contribution in [0.4, 0.5) is 4.79 Å². The second-order valence-electron chi connectivity index (χ2n) is 6.66. The van der Waals surface area contributed by atoms with E-state index in [2.05, 4.69) is 5.32 Å². The molecule has 116 valence electrons. The van der Waals surface area contributed by atoms with E-state index in [1.807, 2.05) is 20.8 Å². The fourth-order valence-corrected chi connectivity index (χ4v) is 2.43. The van der Waals surface area contributed by atoms with Crippen LogP contribution in [-0.4, -0.2) is 48.7 Å². The molecule has 0 radical (unpaired) electrons. The van der Waals surface area contributed by atoms with Crippen molar-refractivity contribution >= 4 is 12.0 Å². The van der Waals surface area contributed by atoms with Gasteiger partial charge in [-0.05, 0) is 40.0 Å². The smallest absolute Gasteiger partial charge is 0.407 e. The molecular weight excluding hydrogens is 258 g/mol. The van der Waals surface area contributed by atoms with Crippen molar-refractivity contribution in [2.75, 3.05) is 14.1 Å². The van der Waals surface area contributed by atoms with E-state index in [-0.39, 0.29) is 23.9 Å². The maximum absolute atomic E-state index is 11.9. The summed E-state index contributed by atoms with van der Waals surface area (Å²) in [5, 5.41) is 2.80. The summed E-state index contributed by atoms with van der Waals surface area (Å²) in [5.74, 6) is 0.0628. The minimum absolute atomic E-state index is 0.0447. The third kappa shape index (κ3) is 5.00. The van der Waals surface area contributed by atoms with Crippen LogP contribution in [0.25, 0.3) is 0 Å². The van der Waals surface area contributed by atoms with E-state index in [9.17, 15) is 9.59 Å². The minimum atomic E-state index is -0.522. The Labute approximate surface area is 121 Å². The van der Waals surface area contributed by atoms with Crippen molar-refractivity contribution in [1.82, 2.24) is 10.2 Å². The standard InChI is InChI=1S/C14H27N3O3/c1-14(2,3)20-13(19)16-11-7-6-9(8-10(11)15)12(18)17(4)5/h9-11H,6-8,15H2,1-5H3,(H,16,19)/t9-,10-,11-/m1/s1. The van der Waals surface area contributed by atoms with Gasteiger partial charge in [0.1, 0.15) is 5.60 Å². The second kappa shape index (κ2) is 6.43. The number of alkyl carbamates (subject to hydrolysis) is 1. The summed E-state index contributed by atoms with van der Waals surface area (Å²) >= 11 is 0. The summed E-state index contributed by atoms with van der Waals surface area (Å²) < 4.78 is 5.22. The van der Waals surface area contributed by atoms with Crippen molar-refractivity contribution in [2.24, 2.45) is 11.7 Å². The van der Waals surface area contributed by atoms with Gasteiger partial charge in [0, 0.05) is 32.1 Å². The summed E-state index contributed by atoms with van der Waals surface area (Å²) in [6, 6.07) is -0.346. The Hall–Kier alpha value is -1.30. The largest absolute Gasteiger partial charge is 0.444 e. The molecule has 0 spiro atoms. The van der Waals surface area contributed by atoms with Crippen LogP contribution in [-0.2, 0) is 9.53 Å². The Morgan fingerprint density at radius 2 is 1.85 bits per heavy atom. The zero-order valence-electron chi connectivity index (χ0n) is 13.1. The number of nitrogens with two attached hydrogens (primary N) is 1. The number of nitrogens with one attached hydrogen (secondary N) is 1. The first-order chi connectivity index (χ1) is 9.10. The number of ether oxygens (including phenoxy) is 1. The minimum Gasteiger partial charge on any atom is -0.444 e. The molecule has 3 N–H and O–H groups in total. The number of rotatable bonds is 2. The number of nitrogens with zero attached hydrogens (tertiary/aromatic N) is 1. The van der Waals surface area contributed by atoms with E-state index in [0.717, 1.165) is 6.42 Å². The molecule has 0 aromatic heterocycles. The van der Waals surface area contributed by atoms with Gasteiger partial charge in [-0.3, -0.25) is 4.79 Å². The first kappa shape index (κ1) is 16.8. The van der Waals surface area contributed by atoms with Gasteiger partial charge in [-0.15, -0.1) is 0 Å². The van der Waals surface area contributed by atoms with E-state index in [1.165, 1.54) is 0 Å². The molecule has 0 aromatic rings. The predicted molar refractivity (Wildman–Crippen MR) is 77.2 cm³/mol. The highest BCUT2D eigenvalue weighted by atomic mass is 16.6. The van der Waals surface area contributed by atoms with E-state index < -0.39 is 11.7 Å². The number of carbonyl (C=O) groups excluding carboxylic acids is 2. The topological polar surface area (TPSA) is 84.7 Å². The molecule has 2 amide bonds. The summed E-state index contributed by atoms with van der Waals surface area (Å²) in [4.78, 5) is 25.2. The maximum atomic E-state index is 11.9.